The van der Waals surface area contributed by atoms with Crippen LogP contribution >= 0.6 is 15.9 Å². The lowest BCUT2D eigenvalue weighted by atomic mass is 10.1. The molecule has 0 radical (unpaired) electrons. The first-order valence-corrected chi connectivity index (χ1v) is 5.91. The van der Waals surface area contributed by atoms with Crippen LogP contribution in [0.4, 0.5) is 0 Å². The highest BCUT2D eigenvalue weighted by atomic mass is 79.9. The van der Waals surface area contributed by atoms with Gasteiger partial charge in [-0.3, -0.25) is 4.68 Å². The molecule has 0 unspecified atom stereocenters. The zero-order valence-corrected chi connectivity index (χ0v) is 9.79. The Morgan fingerprint density at radius 1 is 1.36 bits per heavy atom. The van der Waals surface area contributed by atoms with E-state index in [-0.39, 0.29) is 0 Å². The van der Waals surface area contributed by atoms with Gasteiger partial charge in [0.25, 0.3) is 0 Å². The molecular weight excluding hydrogens is 240 g/mol. The Labute approximate surface area is 92.0 Å². The Morgan fingerprint density at radius 2 is 2.14 bits per heavy atom. The number of fused-ring (bicyclic) bond motifs is 1. The second kappa shape index (κ2) is 4.13. The highest BCUT2D eigenvalue weighted by molar-refractivity contribution is 9.09. The van der Waals surface area contributed by atoms with Gasteiger partial charge in [-0.15, -0.1) is 0 Å². The zero-order chi connectivity index (χ0) is 9.97. The fourth-order valence-electron chi connectivity index (χ4n) is 1.71. The normalized spacial score (nSPS) is 11.0. The Bertz CT molecular complexity index is 434. The van der Waals surface area contributed by atoms with Gasteiger partial charge < -0.3 is 0 Å². The molecular formula is C11H13BrN2. The Balaban J connectivity index is 2.44. The highest BCUT2D eigenvalue weighted by Gasteiger charge is 2.06. The summed E-state index contributed by atoms with van der Waals surface area (Å²) in [5.74, 6) is 0. The summed E-state index contributed by atoms with van der Waals surface area (Å²) in [5, 5.41) is 6.85. The van der Waals surface area contributed by atoms with E-state index in [1.807, 2.05) is 11.7 Å². The maximum atomic E-state index is 4.52. The Hall–Kier alpha value is -0.830. The number of hydrogen-bond acceptors (Lipinski definition) is 1. The van der Waals surface area contributed by atoms with E-state index in [2.05, 4.69) is 45.3 Å². The number of rotatable bonds is 3. The van der Waals surface area contributed by atoms with E-state index in [1.165, 1.54) is 16.6 Å². The average molecular weight is 253 g/mol. The van der Waals surface area contributed by atoms with Gasteiger partial charge in [0.2, 0.25) is 0 Å². The molecule has 0 N–H and O–H groups in total. The Morgan fingerprint density at radius 3 is 2.93 bits per heavy atom. The summed E-state index contributed by atoms with van der Waals surface area (Å²) in [6, 6.07) is 8.38. The first kappa shape index (κ1) is 9.71. The van der Waals surface area contributed by atoms with Gasteiger partial charge >= 0.3 is 0 Å². The van der Waals surface area contributed by atoms with E-state index < -0.39 is 0 Å². The molecule has 2 nitrogen and oxygen atoms in total. The van der Waals surface area contributed by atoms with Crippen molar-refractivity contribution in [3.05, 3.63) is 30.0 Å². The summed E-state index contributed by atoms with van der Waals surface area (Å²) in [6.07, 6.45) is 2.19. The van der Waals surface area contributed by atoms with Gasteiger partial charge in [-0.2, -0.15) is 5.10 Å². The molecule has 14 heavy (non-hydrogen) atoms. The van der Waals surface area contributed by atoms with Crippen LogP contribution in [-0.4, -0.2) is 15.1 Å². The summed E-state index contributed by atoms with van der Waals surface area (Å²) >= 11 is 3.44. The average Bonchev–Trinajstić information content (AvgIpc) is 2.54. The fourth-order valence-corrected chi connectivity index (χ4v) is 1.99. The molecule has 0 aliphatic carbocycles. The quantitative estimate of drug-likeness (QED) is 0.769. The first-order chi connectivity index (χ1) is 6.83. The number of nitrogens with zero attached hydrogens (tertiary/aromatic N) is 2. The van der Waals surface area contributed by atoms with Crippen molar-refractivity contribution in [1.29, 1.82) is 0 Å². The molecule has 0 spiro atoms. The van der Waals surface area contributed by atoms with Crippen molar-refractivity contribution in [1.82, 2.24) is 9.78 Å². The van der Waals surface area contributed by atoms with E-state index in [0.717, 1.165) is 18.2 Å². The molecule has 0 aliphatic rings. The third-order valence-corrected chi connectivity index (χ3v) is 2.94. The second-order valence-electron chi connectivity index (χ2n) is 3.38. The Kier molecular flexibility index (Phi) is 2.87. The van der Waals surface area contributed by atoms with Gasteiger partial charge in [0.05, 0.1) is 11.2 Å². The van der Waals surface area contributed by atoms with Crippen LogP contribution in [0.3, 0.4) is 0 Å². The van der Waals surface area contributed by atoms with Crippen LogP contribution in [0.25, 0.3) is 10.9 Å². The van der Waals surface area contributed by atoms with Crippen molar-refractivity contribution >= 4 is 26.8 Å². The molecule has 1 aromatic carbocycles. The van der Waals surface area contributed by atoms with Gasteiger partial charge in [-0.05, 0) is 18.9 Å². The third-order valence-electron chi connectivity index (χ3n) is 2.38. The van der Waals surface area contributed by atoms with Gasteiger partial charge in [-0.1, -0.05) is 34.1 Å². The number of hydrogen-bond donors (Lipinski definition) is 0. The summed E-state index contributed by atoms with van der Waals surface area (Å²) in [4.78, 5) is 0. The van der Waals surface area contributed by atoms with Gasteiger partial charge in [0, 0.05) is 17.8 Å². The zero-order valence-electron chi connectivity index (χ0n) is 8.20. The van der Waals surface area contributed by atoms with Crippen LogP contribution in [0.5, 0.6) is 0 Å². The molecule has 74 valence electrons. The van der Waals surface area contributed by atoms with E-state index in [0.29, 0.717) is 0 Å². The van der Waals surface area contributed by atoms with Crippen molar-refractivity contribution in [2.24, 2.45) is 7.05 Å². The molecule has 0 atom stereocenters. The summed E-state index contributed by atoms with van der Waals surface area (Å²) in [6.45, 7) is 0. The number of alkyl halides is 1. The fraction of sp³-hybridized carbons (Fsp3) is 0.364. The molecule has 1 heterocycles. The smallest absolute Gasteiger partial charge is 0.0703 e. The minimum absolute atomic E-state index is 1.04. The molecule has 0 saturated carbocycles. The van der Waals surface area contributed by atoms with Crippen molar-refractivity contribution in [3.8, 4) is 0 Å². The maximum Gasteiger partial charge on any atom is 0.0703 e. The predicted molar refractivity (Wildman–Crippen MR) is 62.8 cm³/mol. The number of benzene rings is 1. The molecule has 1 aromatic heterocycles. The van der Waals surface area contributed by atoms with E-state index in [9.17, 15) is 0 Å². The van der Waals surface area contributed by atoms with Gasteiger partial charge in [0.15, 0.2) is 0 Å². The molecule has 0 saturated heterocycles. The van der Waals surface area contributed by atoms with Gasteiger partial charge in [0.1, 0.15) is 0 Å². The topological polar surface area (TPSA) is 17.8 Å². The van der Waals surface area contributed by atoms with Crippen molar-refractivity contribution in [2.45, 2.75) is 12.8 Å². The summed E-state index contributed by atoms with van der Waals surface area (Å²) < 4.78 is 1.96. The highest BCUT2D eigenvalue weighted by Crippen LogP contribution is 2.18. The monoisotopic (exact) mass is 252 g/mol. The number of aryl methyl sites for hydroxylation is 2. The second-order valence-corrected chi connectivity index (χ2v) is 4.17. The van der Waals surface area contributed by atoms with Crippen molar-refractivity contribution in [2.75, 3.05) is 5.33 Å². The minimum atomic E-state index is 1.04. The van der Waals surface area contributed by atoms with Crippen LogP contribution in [0.1, 0.15) is 12.1 Å². The van der Waals surface area contributed by atoms with E-state index >= 15 is 0 Å². The maximum absolute atomic E-state index is 4.52. The van der Waals surface area contributed by atoms with Crippen LogP contribution in [-0.2, 0) is 13.5 Å². The lowest BCUT2D eigenvalue weighted by Gasteiger charge is -1.93. The minimum Gasteiger partial charge on any atom is -0.268 e. The summed E-state index contributed by atoms with van der Waals surface area (Å²) in [7, 11) is 2.00. The van der Waals surface area contributed by atoms with Crippen LogP contribution in [0.2, 0.25) is 0 Å². The van der Waals surface area contributed by atoms with Crippen molar-refractivity contribution < 1.29 is 0 Å². The molecule has 2 aromatic rings. The molecule has 3 heteroatoms. The number of halogens is 1. The molecule has 0 fully saturated rings. The van der Waals surface area contributed by atoms with E-state index in [1.54, 1.807) is 0 Å². The van der Waals surface area contributed by atoms with Crippen LogP contribution in [0.15, 0.2) is 24.3 Å². The van der Waals surface area contributed by atoms with Crippen molar-refractivity contribution in [3.63, 3.8) is 0 Å². The number of aromatic nitrogens is 2. The van der Waals surface area contributed by atoms with Gasteiger partial charge in [-0.25, -0.2) is 0 Å². The standard InChI is InChI=1S/C11H13BrN2/c1-14-11-7-3-2-5-9(11)10(13-14)6-4-8-12/h2-3,5,7H,4,6,8H2,1H3. The largest absolute Gasteiger partial charge is 0.268 e. The third kappa shape index (κ3) is 1.69. The first-order valence-electron chi connectivity index (χ1n) is 4.79. The lowest BCUT2D eigenvalue weighted by molar-refractivity contribution is 0.755. The van der Waals surface area contributed by atoms with E-state index in [4.69, 9.17) is 0 Å². The molecule has 0 amide bonds. The predicted octanol–water partition coefficient (Wildman–Crippen LogP) is 2.90. The summed E-state index contributed by atoms with van der Waals surface area (Å²) in [5.41, 5.74) is 2.43. The number of para-hydroxylation sites is 1. The lowest BCUT2D eigenvalue weighted by Crippen LogP contribution is -1.92. The molecule has 0 aliphatic heterocycles. The molecule has 0 bridgehead atoms. The van der Waals surface area contributed by atoms with Crippen LogP contribution < -0.4 is 0 Å². The SMILES string of the molecule is Cn1nc(CCCBr)c2ccccc21. The molecule has 2 rings (SSSR count). The van der Waals surface area contributed by atoms with Crippen LogP contribution in [0, 0.1) is 0 Å².